The average molecular weight is 455 g/mol. The predicted octanol–water partition coefficient (Wildman–Crippen LogP) is 6.93. The number of oxazole rings is 1. The van der Waals surface area contributed by atoms with E-state index in [2.05, 4.69) is 17.2 Å². The Hall–Kier alpha value is -3.02. The van der Waals surface area contributed by atoms with Gasteiger partial charge in [0, 0.05) is 16.3 Å². The summed E-state index contributed by atoms with van der Waals surface area (Å²) in [5.41, 5.74) is 5.23. The molecule has 0 spiro atoms. The number of hydrogen-bond acceptors (Lipinski definition) is 4. The van der Waals surface area contributed by atoms with Crippen molar-refractivity contribution in [3.05, 3.63) is 75.3 Å². The van der Waals surface area contributed by atoms with Crippen LogP contribution in [0.3, 0.4) is 0 Å². The molecular weight excluding hydrogens is 435 g/mol. The molecule has 0 unspecified atom stereocenters. The molecule has 0 radical (unpaired) electrons. The number of amides is 1. The number of ether oxygens (including phenoxy) is 1. The van der Waals surface area contributed by atoms with E-state index in [0.717, 1.165) is 28.6 Å². The van der Waals surface area contributed by atoms with Crippen molar-refractivity contribution in [1.29, 1.82) is 0 Å². The molecule has 158 valence electrons. The summed E-state index contributed by atoms with van der Waals surface area (Å²) in [4.78, 5) is 17.6. The SMILES string of the molecule is CCc1ccc2oc(-c3ccc(C)c(NC(=O)c4cc(Cl)cc(Cl)c4OC)c3)nc2c1. The van der Waals surface area contributed by atoms with Crippen LogP contribution in [0, 0.1) is 6.92 Å². The molecule has 1 amide bonds. The highest BCUT2D eigenvalue weighted by atomic mass is 35.5. The number of nitrogens with one attached hydrogen (secondary N) is 1. The van der Waals surface area contributed by atoms with Gasteiger partial charge in [-0.05, 0) is 60.9 Å². The van der Waals surface area contributed by atoms with Crippen molar-refractivity contribution < 1.29 is 13.9 Å². The Balaban J connectivity index is 1.68. The van der Waals surface area contributed by atoms with Crippen LogP contribution >= 0.6 is 23.2 Å². The van der Waals surface area contributed by atoms with Gasteiger partial charge in [-0.3, -0.25) is 4.79 Å². The number of nitrogens with zero attached hydrogens (tertiary/aromatic N) is 1. The number of aryl methyl sites for hydroxylation is 2. The molecule has 0 saturated heterocycles. The molecular formula is C24H20Cl2N2O3. The van der Waals surface area contributed by atoms with E-state index in [-0.39, 0.29) is 22.2 Å². The molecule has 5 nitrogen and oxygen atoms in total. The van der Waals surface area contributed by atoms with Gasteiger partial charge >= 0.3 is 0 Å². The Morgan fingerprint density at radius 3 is 2.68 bits per heavy atom. The van der Waals surface area contributed by atoms with Crippen molar-refractivity contribution in [2.24, 2.45) is 0 Å². The van der Waals surface area contributed by atoms with Crippen molar-refractivity contribution in [2.75, 3.05) is 12.4 Å². The first-order valence-electron chi connectivity index (χ1n) is 9.74. The molecule has 31 heavy (non-hydrogen) atoms. The minimum Gasteiger partial charge on any atom is -0.494 e. The smallest absolute Gasteiger partial charge is 0.259 e. The molecule has 7 heteroatoms. The third-order valence-electron chi connectivity index (χ3n) is 5.05. The fraction of sp³-hybridized carbons (Fsp3) is 0.167. The van der Waals surface area contributed by atoms with Crippen LogP contribution in [0.25, 0.3) is 22.6 Å². The number of fused-ring (bicyclic) bond motifs is 1. The highest BCUT2D eigenvalue weighted by molar-refractivity contribution is 6.36. The van der Waals surface area contributed by atoms with Crippen LogP contribution in [0.15, 0.2) is 52.9 Å². The van der Waals surface area contributed by atoms with Crippen LogP contribution in [0.5, 0.6) is 5.75 Å². The van der Waals surface area contributed by atoms with Gasteiger partial charge in [0.1, 0.15) is 11.3 Å². The van der Waals surface area contributed by atoms with Crippen molar-refractivity contribution in [3.8, 4) is 17.2 Å². The number of anilines is 1. The van der Waals surface area contributed by atoms with Gasteiger partial charge in [0.2, 0.25) is 5.89 Å². The van der Waals surface area contributed by atoms with Gasteiger partial charge in [-0.15, -0.1) is 0 Å². The summed E-state index contributed by atoms with van der Waals surface area (Å²) < 4.78 is 11.2. The highest BCUT2D eigenvalue weighted by Gasteiger charge is 2.18. The first-order chi connectivity index (χ1) is 14.9. The van der Waals surface area contributed by atoms with Crippen molar-refractivity contribution in [2.45, 2.75) is 20.3 Å². The van der Waals surface area contributed by atoms with Crippen LogP contribution in [0.2, 0.25) is 10.0 Å². The van der Waals surface area contributed by atoms with Crippen LogP contribution in [0.4, 0.5) is 5.69 Å². The monoisotopic (exact) mass is 454 g/mol. The first-order valence-corrected chi connectivity index (χ1v) is 10.5. The van der Waals surface area contributed by atoms with E-state index in [1.165, 1.54) is 24.8 Å². The maximum Gasteiger partial charge on any atom is 0.259 e. The van der Waals surface area contributed by atoms with Crippen LogP contribution in [-0.4, -0.2) is 18.0 Å². The second kappa shape index (κ2) is 8.61. The lowest BCUT2D eigenvalue weighted by molar-refractivity contribution is 0.102. The highest BCUT2D eigenvalue weighted by Crippen LogP contribution is 2.34. The molecule has 0 atom stereocenters. The summed E-state index contributed by atoms with van der Waals surface area (Å²) in [6.45, 7) is 4.00. The molecule has 4 rings (SSSR count). The third kappa shape index (κ3) is 4.24. The van der Waals surface area contributed by atoms with E-state index in [0.29, 0.717) is 16.6 Å². The summed E-state index contributed by atoms with van der Waals surface area (Å²) in [5.74, 6) is 0.372. The molecule has 1 aromatic heterocycles. The Morgan fingerprint density at radius 2 is 1.94 bits per heavy atom. The number of benzene rings is 3. The number of aromatic nitrogens is 1. The minimum absolute atomic E-state index is 0.249. The zero-order valence-electron chi connectivity index (χ0n) is 17.3. The van der Waals surface area contributed by atoms with E-state index in [1.807, 2.05) is 43.3 Å². The maximum absolute atomic E-state index is 13.0. The maximum atomic E-state index is 13.0. The van der Waals surface area contributed by atoms with Gasteiger partial charge in [-0.25, -0.2) is 4.98 Å². The zero-order valence-corrected chi connectivity index (χ0v) is 18.8. The Labute approximate surface area is 189 Å². The Bertz CT molecular complexity index is 1300. The molecule has 0 bridgehead atoms. The molecule has 0 aliphatic rings. The van der Waals surface area contributed by atoms with Gasteiger partial charge < -0.3 is 14.5 Å². The van der Waals surface area contributed by atoms with E-state index in [1.54, 1.807) is 0 Å². The molecule has 1 heterocycles. The second-order valence-corrected chi connectivity index (χ2v) is 7.97. The number of halogens is 2. The summed E-state index contributed by atoms with van der Waals surface area (Å²) >= 11 is 12.3. The van der Waals surface area contributed by atoms with Gasteiger partial charge in [0.15, 0.2) is 5.58 Å². The molecule has 0 aliphatic heterocycles. The molecule has 3 aromatic carbocycles. The van der Waals surface area contributed by atoms with Gasteiger partial charge in [-0.2, -0.15) is 0 Å². The second-order valence-electron chi connectivity index (χ2n) is 7.13. The van der Waals surface area contributed by atoms with Gasteiger partial charge in [-0.1, -0.05) is 42.3 Å². The summed E-state index contributed by atoms with van der Waals surface area (Å²) in [6.07, 6.45) is 0.926. The number of rotatable bonds is 5. The van der Waals surface area contributed by atoms with E-state index in [4.69, 9.17) is 32.4 Å². The van der Waals surface area contributed by atoms with E-state index in [9.17, 15) is 4.79 Å². The van der Waals surface area contributed by atoms with Crippen molar-refractivity contribution >= 4 is 45.9 Å². The van der Waals surface area contributed by atoms with Crippen LogP contribution in [-0.2, 0) is 6.42 Å². The number of hydrogen-bond donors (Lipinski definition) is 1. The lowest BCUT2D eigenvalue weighted by atomic mass is 10.1. The van der Waals surface area contributed by atoms with Crippen LogP contribution in [0.1, 0.15) is 28.4 Å². The largest absolute Gasteiger partial charge is 0.494 e. The minimum atomic E-state index is -0.383. The van der Waals surface area contributed by atoms with Crippen LogP contribution < -0.4 is 10.1 Å². The number of carbonyl (C=O) groups is 1. The summed E-state index contributed by atoms with van der Waals surface area (Å²) in [7, 11) is 1.45. The molecule has 1 N–H and O–H groups in total. The third-order valence-corrected chi connectivity index (χ3v) is 5.55. The Morgan fingerprint density at radius 1 is 1.13 bits per heavy atom. The number of carbonyl (C=O) groups excluding carboxylic acids is 1. The van der Waals surface area contributed by atoms with E-state index < -0.39 is 0 Å². The summed E-state index contributed by atoms with van der Waals surface area (Å²) in [6, 6.07) is 14.7. The fourth-order valence-electron chi connectivity index (χ4n) is 3.33. The lowest BCUT2D eigenvalue weighted by Crippen LogP contribution is -2.14. The molecule has 4 aromatic rings. The average Bonchev–Trinajstić information content (AvgIpc) is 3.18. The lowest BCUT2D eigenvalue weighted by Gasteiger charge is -2.13. The standard InChI is InChI=1S/C24H20Cl2N2O3/c1-4-14-6-8-21-20(9-14)28-24(31-21)15-7-5-13(2)19(10-15)27-23(29)17-11-16(25)12-18(26)22(17)30-3/h5-12H,4H2,1-3H3,(H,27,29). The van der Waals surface area contributed by atoms with Gasteiger partial charge in [0.25, 0.3) is 5.91 Å². The predicted molar refractivity (Wildman–Crippen MR) is 125 cm³/mol. The number of methoxy groups -OCH3 is 1. The Kier molecular flexibility index (Phi) is 5.90. The topological polar surface area (TPSA) is 64.4 Å². The summed E-state index contributed by atoms with van der Waals surface area (Å²) in [5, 5.41) is 3.53. The fourth-order valence-corrected chi connectivity index (χ4v) is 3.90. The zero-order chi connectivity index (χ0) is 22.1. The van der Waals surface area contributed by atoms with Crippen molar-refractivity contribution in [3.63, 3.8) is 0 Å². The molecule has 0 aliphatic carbocycles. The molecule has 0 saturated carbocycles. The first kappa shape index (κ1) is 21.2. The van der Waals surface area contributed by atoms with E-state index >= 15 is 0 Å². The van der Waals surface area contributed by atoms with Gasteiger partial charge in [0.05, 0.1) is 17.7 Å². The normalized spacial score (nSPS) is 11.0. The van der Waals surface area contributed by atoms with Crippen molar-refractivity contribution in [1.82, 2.24) is 4.98 Å². The quantitative estimate of drug-likeness (QED) is 0.354. The molecule has 0 fully saturated rings.